The van der Waals surface area contributed by atoms with Crippen molar-refractivity contribution in [2.45, 2.75) is 58.1 Å². The average molecular weight is 486 g/mol. The van der Waals surface area contributed by atoms with E-state index in [1.54, 1.807) is 43.4 Å². The summed E-state index contributed by atoms with van der Waals surface area (Å²) in [6, 6.07) is 12.4. The number of aliphatic hydroxyl groups is 1. The molecule has 0 aliphatic carbocycles. The van der Waals surface area contributed by atoms with Gasteiger partial charge in [0.05, 0.1) is 17.9 Å². The second-order valence-corrected chi connectivity index (χ2v) is 10.2. The van der Waals surface area contributed by atoms with Crippen LogP contribution in [0.1, 0.15) is 56.8 Å². The third-order valence-corrected chi connectivity index (χ3v) is 6.69. The molecule has 1 aliphatic heterocycles. The highest BCUT2D eigenvalue weighted by atomic mass is 19.1. The monoisotopic (exact) mass is 485 g/mol. The van der Waals surface area contributed by atoms with E-state index in [2.05, 4.69) is 23.8 Å². The van der Waals surface area contributed by atoms with E-state index < -0.39 is 5.60 Å². The molecule has 1 amide bonds. The Balaban J connectivity index is 1.61. The largest absolute Gasteiger partial charge is 0.494 e. The normalized spacial score (nSPS) is 16.1. The van der Waals surface area contributed by atoms with Gasteiger partial charge in [0, 0.05) is 44.0 Å². The number of likely N-dealkylation sites (N-methyl/N-ethyl adjacent to an activating group) is 1. The van der Waals surface area contributed by atoms with Crippen molar-refractivity contribution < 1.29 is 19.0 Å². The number of hydrogen-bond acceptors (Lipinski definition) is 5. The number of hydrogen-bond donors (Lipinski definition) is 1. The van der Waals surface area contributed by atoms with Gasteiger partial charge in [-0.05, 0) is 82.6 Å². The zero-order valence-electron chi connectivity index (χ0n) is 21.8. The molecule has 0 spiro atoms. The van der Waals surface area contributed by atoms with Crippen molar-refractivity contribution in [2.24, 2.45) is 0 Å². The molecule has 7 heteroatoms. The maximum atomic E-state index is 15.1. The smallest absolute Gasteiger partial charge is 0.258 e. The summed E-state index contributed by atoms with van der Waals surface area (Å²) in [4.78, 5) is 18.7. The molecular weight excluding hydrogens is 445 g/mol. The summed E-state index contributed by atoms with van der Waals surface area (Å²) in [6.07, 6.45) is 3.69. The second kappa shape index (κ2) is 11.9. The molecule has 0 unspecified atom stereocenters. The molecule has 1 aliphatic rings. The lowest BCUT2D eigenvalue weighted by molar-refractivity contribution is 0.0567. The van der Waals surface area contributed by atoms with Crippen LogP contribution in [0.5, 0.6) is 5.75 Å². The SMILES string of the molecule is CCCCOc1ccc(C(=O)N(C)c2ccc(N3CC[C@@H](N(C)CCC(C)(C)O)C3)c(F)c2)cc1. The molecule has 35 heavy (non-hydrogen) atoms. The van der Waals surface area contributed by atoms with Gasteiger partial charge in [-0.2, -0.15) is 0 Å². The predicted octanol–water partition coefficient (Wildman–Crippen LogP) is 4.95. The van der Waals surface area contributed by atoms with Crippen LogP contribution in [0.15, 0.2) is 42.5 Å². The van der Waals surface area contributed by atoms with Crippen LogP contribution >= 0.6 is 0 Å². The standard InChI is InChI=1S/C28H40FN3O3/c1-6-7-18-35-24-11-8-21(9-12-24)27(33)31(5)22-10-13-26(25(29)19-22)32-16-14-23(20-32)30(4)17-15-28(2,3)34/h8-13,19,23,34H,6-7,14-18,20H2,1-5H3/t23-/m1/s1. The summed E-state index contributed by atoms with van der Waals surface area (Å²) >= 11 is 0. The summed E-state index contributed by atoms with van der Waals surface area (Å²) in [5.41, 5.74) is 0.901. The number of rotatable bonds is 11. The first-order valence-electron chi connectivity index (χ1n) is 12.6. The van der Waals surface area contributed by atoms with Crippen molar-refractivity contribution in [1.29, 1.82) is 0 Å². The number of benzene rings is 2. The molecule has 1 N–H and O–H groups in total. The molecule has 1 heterocycles. The van der Waals surface area contributed by atoms with Gasteiger partial charge in [-0.15, -0.1) is 0 Å². The lowest BCUT2D eigenvalue weighted by Gasteiger charge is -2.28. The van der Waals surface area contributed by atoms with E-state index in [-0.39, 0.29) is 11.7 Å². The van der Waals surface area contributed by atoms with Crippen molar-refractivity contribution >= 4 is 17.3 Å². The Morgan fingerprint density at radius 3 is 2.54 bits per heavy atom. The van der Waals surface area contributed by atoms with E-state index in [0.29, 0.717) is 36.0 Å². The molecule has 0 bridgehead atoms. The van der Waals surface area contributed by atoms with Crippen LogP contribution in [-0.2, 0) is 0 Å². The number of halogens is 1. The Labute approximate surface area is 209 Å². The van der Waals surface area contributed by atoms with Crippen LogP contribution in [0.25, 0.3) is 0 Å². The molecule has 1 fully saturated rings. The van der Waals surface area contributed by atoms with Crippen molar-refractivity contribution in [3.63, 3.8) is 0 Å². The van der Waals surface area contributed by atoms with Crippen LogP contribution in [0.3, 0.4) is 0 Å². The number of nitrogens with zero attached hydrogens (tertiary/aromatic N) is 3. The fourth-order valence-corrected chi connectivity index (χ4v) is 4.25. The predicted molar refractivity (Wildman–Crippen MR) is 140 cm³/mol. The highest BCUT2D eigenvalue weighted by Crippen LogP contribution is 2.29. The number of anilines is 2. The van der Waals surface area contributed by atoms with Gasteiger partial charge in [0.15, 0.2) is 0 Å². The maximum absolute atomic E-state index is 15.1. The number of unbranched alkanes of at least 4 members (excludes halogenated alkanes) is 1. The van der Waals surface area contributed by atoms with E-state index >= 15 is 4.39 Å². The topological polar surface area (TPSA) is 56.2 Å². The molecule has 192 valence electrons. The summed E-state index contributed by atoms with van der Waals surface area (Å²) in [5.74, 6) is 0.205. The second-order valence-electron chi connectivity index (χ2n) is 10.2. The van der Waals surface area contributed by atoms with Crippen LogP contribution in [-0.4, -0.2) is 67.9 Å². The number of ether oxygens (including phenoxy) is 1. The minimum atomic E-state index is -0.692. The van der Waals surface area contributed by atoms with Crippen LogP contribution in [0.2, 0.25) is 0 Å². The first kappa shape index (κ1) is 27.0. The van der Waals surface area contributed by atoms with Crippen LogP contribution < -0.4 is 14.5 Å². The van der Waals surface area contributed by atoms with Crippen molar-refractivity contribution in [3.05, 3.63) is 53.8 Å². The summed E-state index contributed by atoms with van der Waals surface area (Å²) < 4.78 is 20.8. The molecular formula is C28H40FN3O3. The van der Waals surface area contributed by atoms with E-state index in [1.165, 1.54) is 11.0 Å². The van der Waals surface area contributed by atoms with Gasteiger partial charge in [0.2, 0.25) is 0 Å². The number of carbonyl (C=O) groups excluding carboxylic acids is 1. The first-order chi connectivity index (χ1) is 16.6. The van der Waals surface area contributed by atoms with E-state index in [9.17, 15) is 9.90 Å². The molecule has 0 radical (unpaired) electrons. The Morgan fingerprint density at radius 1 is 1.20 bits per heavy atom. The Morgan fingerprint density at radius 2 is 1.91 bits per heavy atom. The Bertz CT molecular complexity index is 974. The van der Waals surface area contributed by atoms with Gasteiger partial charge in [-0.1, -0.05) is 13.3 Å². The van der Waals surface area contributed by atoms with Gasteiger partial charge in [-0.25, -0.2) is 4.39 Å². The van der Waals surface area contributed by atoms with Gasteiger partial charge in [0.1, 0.15) is 11.6 Å². The minimum Gasteiger partial charge on any atom is -0.494 e. The zero-order chi connectivity index (χ0) is 25.6. The lowest BCUT2D eigenvalue weighted by atomic mass is 10.0. The Hall–Kier alpha value is -2.64. The van der Waals surface area contributed by atoms with Gasteiger partial charge in [0.25, 0.3) is 5.91 Å². The lowest BCUT2D eigenvalue weighted by Crippen LogP contribution is -2.37. The summed E-state index contributed by atoms with van der Waals surface area (Å²) in [5, 5.41) is 9.99. The quantitative estimate of drug-likeness (QED) is 0.456. The molecule has 1 atom stereocenters. The molecule has 2 aromatic carbocycles. The molecule has 1 saturated heterocycles. The summed E-state index contributed by atoms with van der Waals surface area (Å²) in [7, 11) is 3.72. The molecule has 6 nitrogen and oxygen atoms in total. The number of amides is 1. The van der Waals surface area contributed by atoms with E-state index in [1.807, 2.05) is 13.8 Å². The molecule has 0 aromatic heterocycles. The number of carbonyl (C=O) groups is 1. The molecule has 2 aromatic rings. The van der Waals surface area contributed by atoms with Gasteiger partial charge < -0.3 is 24.5 Å². The van der Waals surface area contributed by atoms with Gasteiger partial charge in [-0.3, -0.25) is 4.79 Å². The van der Waals surface area contributed by atoms with E-state index in [0.717, 1.165) is 44.6 Å². The maximum Gasteiger partial charge on any atom is 0.258 e. The van der Waals surface area contributed by atoms with E-state index in [4.69, 9.17) is 4.74 Å². The van der Waals surface area contributed by atoms with Crippen molar-refractivity contribution in [3.8, 4) is 5.75 Å². The fraction of sp³-hybridized carbons (Fsp3) is 0.536. The highest BCUT2D eigenvalue weighted by molar-refractivity contribution is 6.05. The highest BCUT2D eigenvalue weighted by Gasteiger charge is 2.28. The first-order valence-corrected chi connectivity index (χ1v) is 12.6. The average Bonchev–Trinajstić information content (AvgIpc) is 3.32. The van der Waals surface area contributed by atoms with Gasteiger partial charge >= 0.3 is 0 Å². The Kier molecular flexibility index (Phi) is 9.14. The van der Waals surface area contributed by atoms with Crippen LogP contribution in [0.4, 0.5) is 15.8 Å². The van der Waals surface area contributed by atoms with Crippen molar-refractivity contribution in [2.75, 3.05) is 50.1 Å². The zero-order valence-corrected chi connectivity index (χ0v) is 21.8. The van der Waals surface area contributed by atoms with Crippen molar-refractivity contribution in [1.82, 2.24) is 4.90 Å². The third kappa shape index (κ3) is 7.42. The fourth-order valence-electron chi connectivity index (χ4n) is 4.25. The third-order valence-electron chi connectivity index (χ3n) is 6.69. The molecule has 3 rings (SSSR count). The summed E-state index contributed by atoms with van der Waals surface area (Å²) in [6.45, 7) is 8.71. The molecule has 0 saturated carbocycles. The van der Waals surface area contributed by atoms with Crippen LogP contribution in [0, 0.1) is 5.82 Å². The minimum absolute atomic E-state index is 0.202.